The van der Waals surface area contributed by atoms with Crippen LogP contribution in [0.5, 0.6) is 11.5 Å². The molecule has 0 bridgehead atoms. The van der Waals surface area contributed by atoms with Gasteiger partial charge in [0.15, 0.2) is 0 Å². The molecule has 3 heteroatoms. The Morgan fingerprint density at radius 2 is 1.80 bits per heavy atom. The molecule has 0 aliphatic heterocycles. The number of aliphatic hydroxyl groups is 1. The van der Waals surface area contributed by atoms with Gasteiger partial charge in [-0.05, 0) is 31.0 Å². The van der Waals surface area contributed by atoms with E-state index in [1.807, 2.05) is 12.1 Å². The lowest BCUT2D eigenvalue weighted by Gasteiger charge is -2.15. The number of hydrogen-bond acceptors (Lipinski definition) is 3. The smallest absolute Gasteiger partial charge is 0.125 e. The molecule has 1 aromatic rings. The lowest BCUT2D eigenvalue weighted by Crippen LogP contribution is -2.00. The number of hydrogen-bond donors (Lipinski definition) is 1. The Bertz CT molecular complexity index is 332. The van der Waals surface area contributed by atoms with Crippen molar-refractivity contribution in [3.63, 3.8) is 0 Å². The van der Waals surface area contributed by atoms with E-state index >= 15 is 0 Å². The number of benzene rings is 1. The monoisotopic (exact) mass is 210 g/mol. The fourth-order valence-electron chi connectivity index (χ4n) is 1.59. The molecule has 0 saturated carbocycles. The predicted octanol–water partition coefficient (Wildman–Crippen LogP) is 2.32. The van der Waals surface area contributed by atoms with E-state index < -0.39 is 6.10 Å². The average Bonchev–Trinajstić information content (AvgIpc) is 2.26. The van der Waals surface area contributed by atoms with Crippen molar-refractivity contribution in [3.8, 4) is 11.5 Å². The number of aryl methyl sites for hydroxylation is 1. The Morgan fingerprint density at radius 3 is 2.20 bits per heavy atom. The summed E-state index contributed by atoms with van der Waals surface area (Å²) in [5.74, 6) is 1.51. The van der Waals surface area contributed by atoms with Crippen LogP contribution in [0.25, 0.3) is 0 Å². The highest BCUT2D eigenvalue weighted by Crippen LogP contribution is 2.32. The molecule has 0 heterocycles. The van der Waals surface area contributed by atoms with Gasteiger partial charge < -0.3 is 14.6 Å². The zero-order valence-electron chi connectivity index (χ0n) is 9.70. The van der Waals surface area contributed by atoms with Crippen LogP contribution in [0.2, 0.25) is 0 Å². The van der Waals surface area contributed by atoms with E-state index in [-0.39, 0.29) is 0 Å². The summed E-state index contributed by atoms with van der Waals surface area (Å²) in [7, 11) is 3.24. The van der Waals surface area contributed by atoms with Crippen molar-refractivity contribution < 1.29 is 14.6 Å². The van der Waals surface area contributed by atoms with Gasteiger partial charge in [0.2, 0.25) is 0 Å². The first kappa shape index (κ1) is 11.9. The molecule has 0 saturated heterocycles. The minimum absolute atomic E-state index is 0.556. The normalized spacial score (nSPS) is 12.3. The molecule has 1 N–H and O–H groups in total. The molecule has 3 nitrogen and oxygen atoms in total. The van der Waals surface area contributed by atoms with Crippen molar-refractivity contribution in [3.05, 3.63) is 23.3 Å². The van der Waals surface area contributed by atoms with Gasteiger partial charge in [-0.3, -0.25) is 0 Å². The van der Waals surface area contributed by atoms with Gasteiger partial charge in [-0.25, -0.2) is 0 Å². The number of methoxy groups -OCH3 is 2. The van der Waals surface area contributed by atoms with E-state index in [4.69, 9.17) is 9.47 Å². The van der Waals surface area contributed by atoms with Crippen LogP contribution in [0.3, 0.4) is 0 Å². The second-order valence-electron chi connectivity index (χ2n) is 3.44. The van der Waals surface area contributed by atoms with Crippen LogP contribution in [0.4, 0.5) is 0 Å². The van der Waals surface area contributed by atoms with Gasteiger partial charge >= 0.3 is 0 Å². The van der Waals surface area contributed by atoms with Gasteiger partial charge in [-0.1, -0.05) is 6.92 Å². The first-order valence-electron chi connectivity index (χ1n) is 5.06. The molecular weight excluding hydrogens is 192 g/mol. The summed E-state index contributed by atoms with van der Waals surface area (Å²) < 4.78 is 10.5. The molecule has 1 unspecified atom stereocenters. The number of aliphatic hydroxyl groups excluding tert-OH is 1. The minimum Gasteiger partial charge on any atom is -0.496 e. The topological polar surface area (TPSA) is 38.7 Å². The quantitative estimate of drug-likeness (QED) is 0.828. The molecule has 0 amide bonds. The summed E-state index contributed by atoms with van der Waals surface area (Å²) in [6.45, 7) is 3.77. The molecule has 15 heavy (non-hydrogen) atoms. The summed E-state index contributed by atoms with van der Waals surface area (Å²) in [4.78, 5) is 0. The maximum absolute atomic E-state index is 9.58. The van der Waals surface area contributed by atoms with Crippen LogP contribution in [-0.2, 0) is 6.42 Å². The lowest BCUT2D eigenvalue weighted by molar-refractivity contribution is 0.193. The lowest BCUT2D eigenvalue weighted by atomic mass is 10.0. The fourth-order valence-corrected chi connectivity index (χ4v) is 1.59. The van der Waals surface area contributed by atoms with Crippen molar-refractivity contribution in [1.29, 1.82) is 0 Å². The zero-order valence-corrected chi connectivity index (χ0v) is 9.70. The summed E-state index contributed by atoms with van der Waals surface area (Å²) in [5, 5.41) is 9.58. The Kier molecular flexibility index (Phi) is 3.97. The molecular formula is C12H18O3. The van der Waals surface area contributed by atoms with Gasteiger partial charge in [0.25, 0.3) is 0 Å². The maximum Gasteiger partial charge on any atom is 0.125 e. The van der Waals surface area contributed by atoms with E-state index in [2.05, 4.69) is 6.92 Å². The van der Waals surface area contributed by atoms with Gasteiger partial charge in [0.05, 0.1) is 20.3 Å². The van der Waals surface area contributed by atoms with E-state index in [1.54, 1.807) is 21.1 Å². The second-order valence-corrected chi connectivity index (χ2v) is 3.44. The first-order chi connectivity index (χ1) is 7.13. The predicted molar refractivity (Wildman–Crippen MR) is 59.6 cm³/mol. The second kappa shape index (κ2) is 5.03. The van der Waals surface area contributed by atoms with E-state index in [1.165, 1.54) is 0 Å². The molecule has 0 radical (unpaired) electrons. The molecule has 1 aromatic carbocycles. The zero-order chi connectivity index (χ0) is 11.4. The first-order valence-corrected chi connectivity index (χ1v) is 5.06. The van der Waals surface area contributed by atoms with Crippen LogP contribution >= 0.6 is 0 Å². The Balaban J connectivity index is 3.27. The maximum atomic E-state index is 9.58. The SMILES string of the molecule is CCc1cc(OC)c(C(C)O)cc1OC. The van der Waals surface area contributed by atoms with E-state index in [0.29, 0.717) is 5.75 Å². The third kappa shape index (κ3) is 2.42. The summed E-state index contributed by atoms with van der Waals surface area (Å²) >= 11 is 0. The van der Waals surface area contributed by atoms with Crippen LogP contribution < -0.4 is 9.47 Å². The standard InChI is InChI=1S/C12H18O3/c1-5-9-6-12(15-4)10(8(2)13)7-11(9)14-3/h6-8,13H,5H2,1-4H3. The summed E-state index contributed by atoms with van der Waals surface area (Å²) in [6.07, 6.45) is 0.319. The van der Waals surface area contributed by atoms with Gasteiger partial charge in [0.1, 0.15) is 11.5 Å². The van der Waals surface area contributed by atoms with E-state index in [0.717, 1.165) is 23.3 Å². The largest absolute Gasteiger partial charge is 0.496 e. The summed E-state index contributed by atoms with van der Waals surface area (Å²) in [5.41, 5.74) is 1.84. The number of rotatable bonds is 4. The molecule has 0 aliphatic rings. The molecule has 1 rings (SSSR count). The third-order valence-corrected chi connectivity index (χ3v) is 2.46. The van der Waals surface area contributed by atoms with Gasteiger partial charge in [-0.2, -0.15) is 0 Å². The van der Waals surface area contributed by atoms with Crippen LogP contribution in [-0.4, -0.2) is 19.3 Å². The minimum atomic E-state index is -0.556. The molecule has 1 atom stereocenters. The molecule has 0 spiro atoms. The van der Waals surface area contributed by atoms with Gasteiger partial charge in [0, 0.05) is 5.56 Å². The van der Waals surface area contributed by atoms with Crippen molar-refractivity contribution >= 4 is 0 Å². The van der Waals surface area contributed by atoms with Crippen molar-refractivity contribution in [2.24, 2.45) is 0 Å². The highest BCUT2D eigenvalue weighted by atomic mass is 16.5. The van der Waals surface area contributed by atoms with E-state index in [9.17, 15) is 5.11 Å². The Hall–Kier alpha value is -1.22. The van der Waals surface area contributed by atoms with Gasteiger partial charge in [-0.15, -0.1) is 0 Å². The van der Waals surface area contributed by atoms with Crippen LogP contribution in [0.1, 0.15) is 31.1 Å². The van der Waals surface area contributed by atoms with Crippen molar-refractivity contribution in [2.45, 2.75) is 26.4 Å². The third-order valence-electron chi connectivity index (χ3n) is 2.46. The Morgan fingerprint density at radius 1 is 1.20 bits per heavy atom. The average molecular weight is 210 g/mol. The highest BCUT2D eigenvalue weighted by molar-refractivity contribution is 5.47. The fraction of sp³-hybridized carbons (Fsp3) is 0.500. The van der Waals surface area contributed by atoms with Crippen LogP contribution in [0.15, 0.2) is 12.1 Å². The Labute approximate surface area is 90.6 Å². The molecule has 0 fully saturated rings. The molecule has 84 valence electrons. The molecule has 0 aliphatic carbocycles. The summed E-state index contributed by atoms with van der Waals surface area (Å²) in [6, 6.07) is 3.75. The van der Waals surface area contributed by atoms with Crippen molar-refractivity contribution in [1.82, 2.24) is 0 Å². The van der Waals surface area contributed by atoms with Crippen molar-refractivity contribution in [2.75, 3.05) is 14.2 Å². The number of ether oxygens (including phenoxy) is 2. The van der Waals surface area contributed by atoms with Crippen LogP contribution in [0, 0.1) is 0 Å². The molecule has 0 aromatic heterocycles. The highest BCUT2D eigenvalue weighted by Gasteiger charge is 2.13.